The molecule has 1 heterocycles. The summed E-state index contributed by atoms with van der Waals surface area (Å²) >= 11 is 0. The third-order valence-electron chi connectivity index (χ3n) is 3.52. The molecule has 3 aromatic rings. The largest absolute Gasteiger partial charge is 0.478 e. The van der Waals surface area contributed by atoms with Gasteiger partial charge in [-0.2, -0.15) is 5.26 Å². The van der Waals surface area contributed by atoms with Gasteiger partial charge in [0.15, 0.2) is 0 Å². The molecule has 3 rings (SSSR count). The Morgan fingerprint density at radius 2 is 1.95 bits per heavy atom. The topological polar surface area (TPSA) is 66.0 Å². The van der Waals surface area contributed by atoms with Gasteiger partial charge in [-0.25, -0.2) is 4.79 Å². The normalized spacial score (nSPS) is 10.4. The van der Waals surface area contributed by atoms with Gasteiger partial charge in [0.25, 0.3) is 0 Å². The summed E-state index contributed by atoms with van der Waals surface area (Å²) in [5, 5.41) is 19.1. The van der Waals surface area contributed by atoms with E-state index in [9.17, 15) is 9.90 Å². The first-order chi connectivity index (χ1) is 10.2. The highest BCUT2D eigenvalue weighted by molar-refractivity contribution is 6.03. The fourth-order valence-corrected chi connectivity index (χ4v) is 2.50. The molecule has 0 spiro atoms. The van der Waals surface area contributed by atoms with Crippen LogP contribution in [0.4, 0.5) is 0 Å². The fourth-order valence-electron chi connectivity index (χ4n) is 2.50. The quantitative estimate of drug-likeness (QED) is 0.798. The van der Waals surface area contributed by atoms with E-state index in [0.29, 0.717) is 23.1 Å². The van der Waals surface area contributed by atoms with E-state index >= 15 is 0 Å². The van der Waals surface area contributed by atoms with E-state index in [-0.39, 0.29) is 0 Å². The van der Waals surface area contributed by atoms with Crippen molar-refractivity contribution in [3.8, 4) is 6.07 Å². The third kappa shape index (κ3) is 2.26. The molecule has 21 heavy (non-hydrogen) atoms. The zero-order chi connectivity index (χ0) is 14.8. The van der Waals surface area contributed by atoms with Gasteiger partial charge in [-0.3, -0.25) is 0 Å². The molecular weight excluding hydrogens is 264 g/mol. The monoisotopic (exact) mass is 276 g/mol. The summed E-state index contributed by atoms with van der Waals surface area (Å²) in [7, 11) is 0. The lowest BCUT2D eigenvalue weighted by molar-refractivity contribution is 0.0699. The summed E-state index contributed by atoms with van der Waals surface area (Å²) in [4.78, 5) is 11.2. The smallest absolute Gasteiger partial charge is 0.336 e. The van der Waals surface area contributed by atoms with E-state index in [1.165, 1.54) is 0 Å². The number of nitriles is 1. The van der Waals surface area contributed by atoms with Crippen molar-refractivity contribution in [2.24, 2.45) is 0 Å². The molecule has 1 N–H and O–H groups in total. The minimum atomic E-state index is -0.934. The Hall–Kier alpha value is -3.06. The van der Waals surface area contributed by atoms with E-state index in [1.807, 2.05) is 35.0 Å². The second-order valence-corrected chi connectivity index (χ2v) is 4.76. The Morgan fingerprint density at radius 3 is 2.71 bits per heavy atom. The maximum atomic E-state index is 11.2. The standard InChI is InChI=1S/C17H12N2O2/c18-10-12-4-1-2-5-13(12)11-19-9-8-14-15(17(20)21)6-3-7-16(14)19/h1-9H,11H2,(H,20,21). The predicted octanol–water partition coefficient (Wildman–Crippen LogP) is 3.26. The number of carboxylic acids is 1. The Bertz CT molecular complexity index is 872. The van der Waals surface area contributed by atoms with Crippen molar-refractivity contribution >= 4 is 16.9 Å². The zero-order valence-electron chi connectivity index (χ0n) is 11.2. The number of nitrogens with zero attached hydrogens (tertiary/aromatic N) is 2. The lowest BCUT2D eigenvalue weighted by atomic mass is 10.1. The van der Waals surface area contributed by atoms with Crippen molar-refractivity contribution in [1.29, 1.82) is 5.26 Å². The summed E-state index contributed by atoms with van der Waals surface area (Å²) in [6.07, 6.45) is 1.85. The van der Waals surface area contributed by atoms with Crippen LogP contribution in [-0.4, -0.2) is 15.6 Å². The third-order valence-corrected chi connectivity index (χ3v) is 3.52. The van der Waals surface area contributed by atoms with Gasteiger partial charge in [-0.1, -0.05) is 24.3 Å². The molecule has 1 aromatic heterocycles. The highest BCUT2D eigenvalue weighted by Crippen LogP contribution is 2.22. The maximum Gasteiger partial charge on any atom is 0.336 e. The Balaban J connectivity index is 2.09. The van der Waals surface area contributed by atoms with E-state index in [4.69, 9.17) is 5.26 Å². The van der Waals surface area contributed by atoms with E-state index in [1.54, 1.807) is 24.3 Å². The van der Waals surface area contributed by atoms with Crippen molar-refractivity contribution in [2.75, 3.05) is 0 Å². The summed E-state index contributed by atoms with van der Waals surface area (Å²) in [6, 6.07) is 16.6. The first kappa shape index (κ1) is 12.9. The number of hydrogen-bond donors (Lipinski definition) is 1. The van der Waals surface area contributed by atoms with Gasteiger partial charge in [0.2, 0.25) is 0 Å². The lowest BCUT2D eigenvalue weighted by Gasteiger charge is -2.07. The number of rotatable bonds is 3. The molecule has 0 bridgehead atoms. The molecule has 0 amide bonds. The van der Waals surface area contributed by atoms with Gasteiger partial charge >= 0.3 is 5.97 Å². The van der Waals surface area contributed by atoms with Crippen LogP contribution in [0, 0.1) is 11.3 Å². The number of benzene rings is 2. The van der Waals surface area contributed by atoms with Crippen LogP contribution < -0.4 is 0 Å². The molecular formula is C17H12N2O2. The van der Waals surface area contributed by atoms with Gasteiger partial charge in [0, 0.05) is 23.6 Å². The molecule has 0 fully saturated rings. The van der Waals surface area contributed by atoms with Crippen LogP contribution in [0.2, 0.25) is 0 Å². The summed E-state index contributed by atoms with van der Waals surface area (Å²) in [5.41, 5.74) is 2.69. The average molecular weight is 276 g/mol. The Labute approximate surface area is 121 Å². The second-order valence-electron chi connectivity index (χ2n) is 4.76. The first-order valence-corrected chi connectivity index (χ1v) is 6.50. The molecule has 0 unspecified atom stereocenters. The first-order valence-electron chi connectivity index (χ1n) is 6.50. The van der Waals surface area contributed by atoms with Crippen LogP contribution >= 0.6 is 0 Å². The number of aromatic carboxylic acids is 1. The lowest BCUT2D eigenvalue weighted by Crippen LogP contribution is -2.01. The van der Waals surface area contributed by atoms with Gasteiger partial charge in [0.1, 0.15) is 0 Å². The van der Waals surface area contributed by atoms with Crippen LogP contribution in [0.3, 0.4) is 0 Å². The molecule has 2 aromatic carbocycles. The van der Waals surface area contributed by atoms with E-state index in [0.717, 1.165) is 11.1 Å². The number of carboxylic acid groups (broad SMARTS) is 1. The molecule has 0 atom stereocenters. The molecule has 4 nitrogen and oxygen atoms in total. The predicted molar refractivity (Wildman–Crippen MR) is 79.2 cm³/mol. The van der Waals surface area contributed by atoms with Gasteiger partial charge in [0.05, 0.1) is 17.2 Å². The van der Waals surface area contributed by atoms with Crippen LogP contribution in [0.5, 0.6) is 0 Å². The Kier molecular flexibility index (Phi) is 3.17. The highest BCUT2D eigenvalue weighted by Gasteiger charge is 2.11. The van der Waals surface area contributed by atoms with Crippen LogP contribution in [0.25, 0.3) is 10.9 Å². The summed E-state index contributed by atoms with van der Waals surface area (Å²) in [5.74, 6) is -0.934. The molecule has 0 saturated carbocycles. The molecule has 102 valence electrons. The summed E-state index contributed by atoms with van der Waals surface area (Å²) in [6.45, 7) is 0.538. The van der Waals surface area contributed by atoms with Crippen molar-refractivity contribution in [3.63, 3.8) is 0 Å². The van der Waals surface area contributed by atoms with E-state index in [2.05, 4.69) is 6.07 Å². The van der Waals surface area contributed by atoms with Crippen LogP contribution in [0.15, 0.2) is 54.7 Å². The SMILES string of the molecule is N#Cc1ccccc1Cn1ccc2c(C(=O)O)cccc21. The van der Waals surface area contributed by atoms with Gasteiger partial charge in [-0.15, -0.1) is 0 Å². The molecule has 4 heteroatoms. The number of hydrogen-bond acceptors (Lipinski definition) is 2. The van der Waals surface area contributed by atoms with Crippen LogP contribution in [-0.2, 0) is 6.54 Å². The Morgan fingerprint density at radius 1 is 1.14 bits per heavy atom. The van der Waals surface area contributed by atoms with Gasteiger partial charge in [-0.05, 0) is 29.8 Å². The van der Waals surface area contributed by atoms with Crippen molar-refractivity contribution < 1.29 is 9.90 Å². The minimum Gasteiger partial charge on any atom is -0.478 e. The average Bonchev–Trinajstić information content (AvgIpc) is 2.91. The number of aromatic nitrogens is 1. The van der Waals surface area contributed by atoms with Crippen molar-refractivity contribution in [3.05, 3.63) is 71.4 Å². The highest BCUT2D eigenvalue weighted by atomic mass is 16.4. The molecule has 0 aliphatic heterocycles. The van der Waals surface area contributed by atoms with Crippen molar-refractivity contribution in [1.82, 2.24) is 4.57 Å². The molecule has 0 aliphatic carbocycles. The molecule has 0 aliphatic rings. The fraction of sp³-hybridized carbons (Fsp3) is 0.0588. The molecule has 0 saturated heterocycles. The number of carbonyl (C=O) groups is 1. The van der Waals surface area contributed by atoms with Gasteiger partial charge < -0.3 is 9.67 Å². The number of fused-ring (bicyclic) bond motifs is 1. The summed E-state index contributed by atoms with van der Waals surface area (Å²) < 4.78 is 1.96. The zero-order valence-corrected chi connectivity index (χ0v) is 11.2. The maximum absolute atomic E-state index is 11.2. The van der Waals surface area contributed by atoms with Crippen LogP contribution in [0.1, 0.15) is 21.5 Å². The van der Waals surface area contributed by atoms with E-state index < -0.39 is 5.97 Å². The molecule has 0 radical (unpaired) electrons. The van der Waals surface area contributed by atoms with Crippen molar-refractivity contribution in [2.45, 2.75) is 6.54 Å². The minimum absolute atomic E-state index is 0.291. The second kappa shape index (κ2) is 5.14.